The Balaban J connectivity index is 1.84. The van der Waals surface area contributed by atoms with E-state index >= 15 is 0 Å². The van der Waals surface area contributed by atoms with Crippen LogP contribution in [0.15, 0.2) is 30.6 Å². The lowest BCUT2D eigenvalue weighted by atomic mass is 10.2. The van der Waals surface area contributed by atoms with Gasteiger partial charge in [0.1, 0.15) is 5.69 Å². The van der Waals surface area contributed by atoms with E-state index in [-0.39, 0.29) is 0 Å². The number of hydrogen-bond donors (Lipinski definition) is 3. The fourth-order valence-corrected chi connectivity index (χ4v) is 1.94. The van der Waals surface area contributed by atoms with Crippen molar-refractivity contribution in [1.29, 1.82) is 0 Å². The predicted octanol–water partition coefficient (Wildman–Crippen LogP) is 1.90. The number of H-pyrrole nitrogens is 1. The summed E-state index contributed by atoms with van der Waals surface area (Å²) < 4.78 is 5.02. The Bertz CT molecular complexity index is 782. The number of aromatic amines is 1. The molecule has 0 saturated carbocycles. The highest BCUT2D eigenvalue weighted by atomic mass is 16.5. The minimum atomic E-state index is 0.309. The standard InChI is InChI=1S/C14H15N7O/c1-8-5-10(21-20-8)18-11-7-17-13(14(15)19-11)9-3-4-12(22-2)16-6-9/h3-7H,1-2H3,(H4,15,18,19,20,21). The fraction of sp³-hybridized carbons (Fsp3) is 0.143. The number of nitrogens with one attached hydrogen (secondary N) is 2. The van der Waals surface area contributed by atoms with Crippen LogP contribution in [0.5, 0.6) is 5.88 Å². The van der Waals surface area contributed by atoms with Gasteiger partial charge in [-0.25, -0.2) is 15.0 Å². The average molecular weight is 297 g/mol. The van der Waals surface area contributed by atoms with Gasteiger partial charge in [-0.05, 0) is 13.0 Å². The van der Waals surface area contributed by atoms with Crippen LogP contribution < -0.4 is 15.8 Å². The highest BCUT2D eigenvalue weighted by Gasteiger charge is 2.09. The molecule has 8 nitrogen and oxygen atoms in total. The number of aromatic nitrogens is 5. The summed E-state index contributed by atoms with van der Waals surface area (Å²) in [6.45, 7) is 1.91. The van der Waals surface area contributed by atoms with E-state index in [9.17, 15) is 0 Å². The summed E-state index contributed by atoms with van der Waals surface area (Å²) in [5.74, 6) is 2.02. The van der Waals surface area contributed by atoms with Crippen LogP contribution in [0.1, 0.15) is 5.69 Å². The van der Waals surface area contributed by atoms with Gasteiger partial charge in [0, 0.05) is 29.6 Å². The molecule has 3 rings (SSSR count). The van der Waals surface area contributed by atoms with Crippen molar-refractivity contribution in [1.82, 2.24) is 25.1 Å². The van der Waals surface area contributed by atoms with Crippen molar-refractivity contribution in [3.05, 3.63) is 36.3 Å². The van der Waals surface area contributed by atoms with Crippen LogP contribution in [0.3, 0.4) is 0 Å². The van der Waals surface area contributed by atoms with Crippen molar-refractivity contribution in [3.8, 4) is 17.1 Å². The van der Waals surface area contributed by atoms with Gasteiger partial charge in [-0.3, -0.25) is 5.10 Å². The molecule has 0 fully saturated rings. The fourth-order valence-electron chi connectivity index (χ4n) is 1.94. The minimum absolute atomic E-state index is 0.309. The molecule has 0 amide bonds. The van der Waals surface area contributed by atoms with Gasteiger partial charge in [0.25, 0.3) is 0 Å². The van der Waals surface area contributed by atoms with Crippen LogP contribution in [0.4, 0.5) is 17.5 Å². The number of nitrogens with two attached hydrogens (primary N) is 1. The van der Waals surface area contributed by atoms with Crippen molar-refractivity contribution >= 4 is 17.5 Å². The molecule has 0 unspecified atom stereocenters. The molecule has 0 aromatic carbocycles. The molecule has 0 spiro atoms. The number of nitrogen functional groups attached to an aromatic ring is 1. The van der Waals surface area contributed by atoms with Gasteiger partial charge in [0.15, 0.2) is 17.5 Å². The first-order valence-corrected chi connectivity index (χ1v) is 6.57. The summed E-state index contributed by atoms with van der Waals surface area (Å²) in [6.07, 6.45) is 3.24. The smallest absolute Gasteiger partial charge is 0.212 e. The number of aryl methyl sites for hydroxylation is 1. The molecule has 0 aliphatic carbocycles. The van der Waals surface area contributed by atoms with E-state index in [4.69, 9.17) is 10.5 Å². The van der Waals surface area contributed by atoms with Crippen LogP contribution >= 0.6 is 0 Å². The number of nitrogens with zero attached hydrogens (tertiary/aromatic N) is 4. The average Bonchev–Trinajstić information content (AvgIpc) is 2.93. The van der Waals surface area contributed by atoms with Gasteiger partial charge in [-0.1, -0.05) is 0 Å². The number of hydrogen-bond acceptors (Lipinski definition) is 7. The lowest BCUT2D eigenvalue weighted by molar-refractivity contribution is 0.398. The monoisotopic (exact) mass is 297 g/mol. The molecule has 3 aromatic heterocycles. The van der Waals surface area contributed by atoms with Gasteiger partial charge in [-0.2, -0.15) is 5.10 Å². The van der Waals surface area contributed by atoms with Crippen molar-refractivity contribution in [3.63, 3.8) is 0 Å². The first kappa shape index (κ1) is 13.8. The Kier molecular flexibility index (Phi) is 3.57. The second-order valence-electron chi connectivity index (χ2n) is 4.64. The maximum atomic E-state index is 5.98. The maximum absolute atomic E-state index is 5.98. The largest absolute Gasteiger partial charge is 0.481 e. The third-order valence-corrected chi connectivity index (χ3v) is 2.98. The Morgan fingerprint density at radius 1 is 1.18 bits per heavy atom. The second kappa shape index (κ2) is 5.68. The molecule has 3 heterocycles. The molecule has 8 heteroatoms. The molecule has 3 aromatic rings. The third kappa shape index (κ3) is 2.80. The molecule has 0 atom stereocenters. The summed E-state index contributed by atoms with van der Waals surface area (Å²) >= 11 is 0. The highest BCUT2D eigenvalue weighted by Crippen LogP contribution is 2.24. The summed E-state index contributed by atoms with van der Waals surface area (Å²) in [5.41, 5.74) is 8.27. The van der Waals surface area contributed by atoms with E-state index in [2.05, 4.69) is 30.5 Å². The Morgan fingerprint density at radius 3 is 2.64 bits per heavy atom. The molecule has 0 aliphatic heterocycles. The molecular formula is C14H15N7O. The summed E-state index contributed by atoms with van der Waals surface area (Å²) in [6, 6.07) is 5.44. The molecule has 0 bridgehead atoms. The van der Waals surface area contributed by atoms with Crippen LogP contribution in [-0.2, 0) is 0 Å². The van der Waals surface area contributed by atoms with Crippen LogP contribution in [0.2, 0.25) is 0 Å². The van der Waals surface area contributed by atoms with Crippen molar-refractivity contribution in [2.45, 2.75) is 6.92 Å². The highest BCUT2D eigenvalue weighted by molar-refractivity contribution is 5.70. The number of rotatable bonds is 4. The van der Waals surface area contributed by atoms with Gasteiger partial charge < -0.3 is 15.8 Å². The number of methoxy groups -OCH3 is 1. The van der Waals surface area contributed by atoms with E-state index in [1.54, 1.807) is 25.6 Å². The van der Waals surface area contributed by atoms with Crippen LogP contribution in [0, 0.1) is 6.92 Å². The quantitative estimate of drug-likeness (QED) is 0.673. The molecule has 0 saturated heterocycles. The second-order valence-corrected chi connectivity index (χ2v) is 4.64. The first-order chi connectivity index (χ1) is 10.7. The topological polar surface area (TPSA) is 115 Å². The summed E-state index contributed by atoms with van der Waals surface area (Å²) in [5, 5.41) is 9.94. The van der Waals surface area contributed by atoms with Crippen LogP contribution in [0.25, 0.3) is 11.3 Å². The normalized spacial score (nSPS) is 10.5. The van der Waals surface area contributed by atoms with E-state index < -0.39 is 0 Å². The summed E-state index contributed by atoms with van der Waals surface area (Å²) in [4.78, 5) is 12.8. The molecule has 4 N–H and O–H groups in total. The minimum Gasteiger partial charge on any atom is -0.481 e. The van der Waals surface area contributed by atoms with E-state index in [0.29, 0.717) is 29.0 Å². The number of anilines is 3. The molecule has 112 valence electrons. The maximum Gasteiger partial charge on any atom is 0.212 e. The predicted molar refractivity (Wildman–Crippen MR) is 82.8 cm³/mol. The zero-order valence-corrected chi connectivity index (χ0v) is 12.2. The SMILES string of the molecule is COc1ccc(-c2ncc(Nc3cc(C)[nH]n3)nc2N)cn1. The Labute approximate surface area is 126 Å². The van der Waals surface area contributed by atoms with Crippen molar-refractivity contribution in [2.75, 3.05) is 18.2 Å². The zero-order valence-electron chi connectivity index (χ0n) is 12.2. The van der Waals surface area contributed by atoms with Crippen LogP contribution in [-0.4, -0.2) is 32.3 Å². The first-order valence-electron chi connectivity index (χ1n) is 6.57. The van der Waals surface area contributed by atoms with Gasteiger partial charge in [0.2, 0.25) is 5.88 Å². The number of pyridine rings is 1. The van der Waals surface area contributed by atoms with E-state index in [1.165, 1.54) is 0 Å². The van der Waals surface area contributed by atoms with Gasteiger partial charge in [0.05, 0.1) is 13.3 Å². The zero-order chi connectivity index (χ0) is 15.5. The molecule has 22 heavy (non-hydrogen) atoms. The molecular weight excluding hydrogens is 282 g/mol. The lowest BCUT2D eigenvalue weighted by Crippen LogP contribution is -2.02. The van der Waals surface area contributed by atoms with Crippen molar-refractivity contribution in [2.24, 2.45) is 0 Å². The van der Waals surface area contributed by atoms with E-state index in [0.717, 1.165) is 11.3 Å². The number of ether oxygens (including phenoxy) is 1. The Morgan fingerprint density at radius 2 is 2.05 bits per heavy atom. The third-order valence-electron chi connectivity index (χ3n) is 2.98. The molecule has 0 aliphatic rings. The Hall–Kier alpha value is -3.16. The lowest BCUT2D eigenvalue weighted by Gasteiger charge is -2.07. The van der Waals surface area contributed by atoms with Gasteiger partial charge >= 0.3 is 0 Å². The van der Waals surface area contributed by atoms with Gasteiger partial charge in [-0.15, -0.1) is 0 Å². The van der Waals surface area contributed by atoms with Crippen molar-refractivity contribution < 1.29 is 4.74 Å². The molecule has 0 radical (unpaired) electrons. The van der Waals surface area contributed by atoms with E-state index in [1.807, 2.05) is 19.1 Å². The summed E-state index contributed by atoms with van der Waals surface area (Å²) in [7, 11) is 1.56.